The Morgan fingerprint density at radius 2 is 2.17 bits per heavy atom. The number of ether oxygens (including phenoxy) is 1. The molecule has 0 amide bonds. The minimum absolute atomic E-state index is 0.254. The van der Waals surface area contributed by atoms with Crippen molar-refractivity contribution in [1.82, 2.24) is 0 Å². The number of hydrogen-bond donors (Lipinski definition) is 1. The smallest absolute Gasteiger partial charge is 0.0762 e. The van der Waals surface area contributed by atoms with E-state index in [9.17, 15) is 5.11 Å². The number of anilines is 1. The van der Waals surface area contributed by atoms with Gasteiger partial charge in [0.05, 0.1) is 24.5 Å². The lowest BCUT2D eigenvalue weighted by molar-refractivity contribution is 0.0343. The van der Waals surface area contributed by atoms with Gasteiger partial charge in [-0.3, -0.25) is 0 Å². The van der Waals surface area contributed by atoms with Gasteiger partial charge in [0.2, 0.25) is 0 Å². The van der Waals surface area contributed by atoms with Crippen LogP contribution in [0.2, 0.25) is 0 Å². The van der Waals surface area contributed by atoms with Gasteiger partial charge in [-0.05, 0) is 54.4 Å². The zero-order chi connectivity index (χ0) is 13.3. The lowest BCUT2D eigenvalue weighted by atomic mass is 10.1. The van der Waals surface area contributed by atoms with Crippen LogP contribution in [0.15, 0.2) is 22.7 Å². The Morgan fingerprint density at radius 3 is 2.78 bits per heavy atom. The van der Waals surface area contributed by atoms with E-state index in [4.69, 9.17) is 4.74 Å². The fourth-order valence-electron chi connectivity index (χ4n) is 2.25. The van der Waals surface area contributed by atoms with Crippen molar-refractivity contribution in [3.63, 3.8) is 0 Å². The van der Waals surface area contributed by atoms with Crippen LogP contribution in [0.25, 0.3) is 0 Å². The topological polar surface area (TPSA) is 32.7 Å². The van der Waals surface area contributed by atoms with Gasteiger partial charge >= 0.3 is 0 Å². The van der Waals surface area contributed by atoms with Crippen molar-refractivity contribution in [2.45, 2.75) is 39.0 Å². The Hall–Kier alpha value is -0.580. The Kier molecular flexibility index (Phi) is 4.30. The molecule has 4 heteroatoms. The van der Waals surface area contributed by atoms with Gasteiger partial charge in [0.15, 0.2) is 0 Å². The minimum Gasteiger partial charge on any atom is -0.389 e. The van der Waals surface area contributed by atoms with Crippen LogP contribution < -0.4 is 4.90 Å². The number of aliphatic hydroxyl groups is 1. The maximum atomic E-state index is 9.59. The Morgan fingerprint density at radius 1 is 1.44 bits per heavy atom. The highest BCUT2D eigenvalue weighted by Crippen LogP contribution is 2.32. The van der Waals surface area contributed by atoms with Crippen molar-refractivity contribution < 1.29 is 9.84 Å². The van der Waals surface area contributed by atoms with E-state index in [-0.39, 0.29) is 6.10 Å². The second-order valence-electron chi connectivity index (χ2n) is 5.03. The third-order valence-electron chi connectivity index (χ3n) is 3.37. The number of aliphatic hydroxyl groups excluding tert-OH is 1. The first-order valence-electron chi connectivity index (χ1n) is 6.34. The predicted octanol–water partition coefficient (Wildman–Crippen LogP) is 3.12. The number of benzene rings is 1. The molecule has 2 unspecified atom stereocenters. The summed E-state index contributed by atoms with van der Waals surface area (Å²) in [5.74, 6) is 0. The van der Waals surface area contributed by atoms with Gasteiger partial charge in [-0.15, -0.1) is 0 Å². The highest BCUT2D eigenvalue weighted by Gasteiger charge is 2.25. The van der Waals surface area contributed by atoms with Crippen molar-refractivity contribution in [2.24, 2.45) is 0 Å². The molecule has 1 aromatic carbocycles. The quantitative estimate of drug-likeness (QED) is 0.910. The number of nitrogens with zero attached hydrogens (tertiary/aromatic N) is 1. The molecule has 1 aliphatic heterocycles. The van der Waals surface area contributed by atoms with Crippen LogP contribution in [0.1, 0.15) is 32.4 Å². The number of rotatable bonds is 2. The summed E-state index contributed by atoms with van der Waals surface area (Å²) in [5, 5.41) is 9.59. The first kappa shape index (κ1) is 13.8. The zero-order valence-electron chi connectivity index (χ0n) is 11.1. The molecular formula is C14H20BrNO2. The van der Waals surface area contributed by atoms with Crippen molar-refractivity contribution in [3.8, 4) is 0 Å². The van der Waals surface area contributed by atoms with Crippen molar-refractivity contribution in [2.75, 3.05) is 18.1 Å². The molecule has 1 saturated heterocycles. The molecule has 3 atom stereocenters. The normalized spacial score (nSPS) is 26.2. The summed E-state index contributed by atoms with van der Waals surface area (Å²) in [5.41, 5.74) is 2.10. The van der Waals surface area contributed by atoms with Crippen molar-refractivity contribution in [1.29, 1.82) is 0 Å². The van der Waals surface area contributed by atoms with Crippen LogP contribution in [0.4, 0.5) is 5.69 Å². The molecule has 0 aliphatic carbocycles. The number of morpholine rings is 1. The van der Waals surface area contributed by atoms with Crippen LogP contribution in [-0.2, 0) is 4.74 Å². The average Bonchev–Trinajstić information content (AvgIpc) is 2.32. The molecule has 0 aromatic heterocycles. The van der Waals surface area contributed by atoms with Gasteiger partial charge in [0.25, 0.3) is 0 Å². The van der Waals surface area contributed by atoms with Crippen LogP contribution in [0, 0.1) is 0 Å². The van der Waals surface area contributed by atoms with E-state index in [1.165, 1.54) is 5.69 Å². The molecule has 3 nitrogen and oxygen atoms in total. The van der Waals surface area contributed by atoms with Crippen LogP contribution >= 0.6 is 15.9 Å². The standard InChI is InChI=1S/C14H20BrNO2/c1-9-8-18-10(2)7-16(9)14-5-4-12(11(3)17)6-13(14)15/h4-6,9-11,17H,7-8H2,1-3H3/t9?,10?,11-/m1/s1. The molecule has 100 valence electrons. The molecule has 1 aliphatic rings. The van der Waals surface area contributed by atoms with Gasteiger partial charge in [-0.1, -0.05) is 6.07 Å². The first-order chi connectivity index (χ1) is 8.49. The van der Waals surface area contributed by atoms with Crippen molar-refractivity contribution in [3.05, 3.63) is 28.2 Å². The van der Waals surface area contributed by atoms with Crippen LogP contribution in [0.3, 0.4) is 0 Å². The lowest BCUT2D eigenvalue weighted by Crippen LogP contribution is -2.47. The van der Waals surface area contributed by atoms with Crippen LogP contribution in [0.5, 0.6) is 0 Å². The first-order valence-corrected chi connectivity index (χ1v) is 7.14. The highest BCUT2D eigenvalue weighted by molar-refractivity contribution is 9.10. The summed E-state index contributed by atoms with van der Waals surface area (Å²) in [6.45, 7) is 7.69. The summed E-state index contributed by atoms with van der Waals surface area (Å²) in [6, 6.07) is 6.42. The molecule has 2 rings (SSSR count). The third kappa shape index (κ3) is 2.87. The summed E-state index contributed by atoms with van der Waals surface area (Å²) in [4.78, 5) is 2.35. The molecule has 1 heterocycles. The molecule has 0 spiro atoms. The molecule has 18 heavy (non-hydrogen) atoms. The van der Waals surface area contributed by atoms with Gasteiger partial charge in [0.1, 0.15) is 0 Å². The number of halogens is 1. The summed E-state index contributed by atoms with van der Waals surface area (Å²) in [6.07, 6.45) is -0.180. The summed E-state index contributed by atoms with van der Waals surface area (Å²) >= 11 is 3.60. The lowest BCUT2D eigenvalue weighted by Gasteiger charge is -2.39. The van der Waals surface area contributed by atoms with E-state index in [0.29, 0.717) is 6.04 Å². The van der Waals surface area contributed by atoms with E-state index >= 15 is 0 Å². The summed E-state index contributed by atoms with van der Waals surface area (Å²) < 4.78 is 6.68. The van der Waals surface area contributed by atoms with Crippen LogP contribution in [-0.4, -0.2) is 30.4 Å². The van der Waals surface area contributed by atoms with Gasteiger partial charge < -0.3 is 14.7 Å². The predicted molar refractivity (Wildman–Crippen MR) is 77.0 cm³/mol. The molecule has 0 bridgehead atoms. The largest absolute Gasteiger partial charge is 0.389 e. The Balaban J connectivity index is 2.27. The van der Waals surface area contributed by atoms with Crippen molar-refractivity contribution >= 4 is 21.6 Å². The van der Waals surface area contributed by atoms with E-state index < -0.39 is 6.10 Å². The second-order valence-corrected chi connectivity index (χ2v) is 5.89. The monoisotopic (exact) mass is 313 g/mol. The maximum Gasteiger partial charge on any atom is 0.0762 e. The molecule has 0 saturated carbocycles. The third-order valence-corrected chi connectivity index (χ3v) is 4.01. The molecule has 1 aromatic rings. The molecular weight excluding hydrogens is 294 g/mol. The Bertz CT molecular complexity index is 422. The van der Waals surface area contributed by atoms with Gasteiger partial charge in [0, 0.05) is 17.1 Å². The minimum atomic E-state index is -0.434. The van der Waals surface area contributed by atoms with E-state index in [1.807, 2.05) is 12.1 Å². The Labute approximate surface area is 117 Å². The highest BCUT2D eigenvalue weighted by atomic mass is 79.9. The molecule has 1 fully saturated rings. The molecule has 1 N–H and O–H groups in total. The SMILES string of the molecule is CC1CN(c2ccc([C@@H](C)O)cc2Br)C(C)CO1. The van der Waals surface area contributed by atoms with E-state index in [2.05, 4.69) is 40.7 Å². The fourth-order valence-corrected chi connectivity index (χ4v) is 2.88. The zero-order valence-corrected chi connectivity index (χ0v) is 12.6. The second kappa shape index (κ2) is 5.59. The van der Waals surface area contributed by atoms with E-state index in [0.717, 1.165) is 23.2 Å². The van der Waals surface area contributed by atoms with Gasteiger partial charge in [-0.2, -0.15) is 0 Å². The number of hydrogen-bond acceptors (Lipinski definition) is 3. The maximum absolute atomic E-state index is 9.59. The molecule has 0 radical (unpaired) electrons. The van der Waals surface area contributed by atoms with Gasteiger partial charge in [-0.25, -0.2) is 0 Å². The fraction of sp³-hybridized carbons (Fsp3) is 0.571. The average molecular weight is 314 g/mol. The summed E-state index contributed by atoms with van der Waals surface area (Å²) in [7, 11) is 0. The van der Waals surface area contributed by atoms with E-state index in [1.54, 1.807) is 6.92 Å².